The Morgan fingerprint density at radius 2 is 1.83 bits per heavy atom. The van der Waals surface area contributed by atoms with Gasteiger partial charge in [0, 0.05) is 32.7 Å². The lowest BCUT2D eigenvalue weighted by Gasteiger charge is -2.30. The molecule has 1 N–H and O–H groups in total. The highest BCUT2D eigenvalue weighted by atomic mass is 19.3. The van der Waals surface area contributed by atoms with Gasteiger partial charge in [-0.15, -0.1) is 0 Å². The van der Waals surface area contributed by atoms with Crippen molar-refractivity contribution < 1.29 is 22.7 Å². The number of carbonyl (C=O) groups excluding carboxylic acids is 1. The quantitative estimate of drug-likeness (QED) is 0.559. The lowest BCUT2D eigenvalue weighted by molar-refractivity contribution is 0.0826. The van der Waals surface area contributed by atoms with E-state index in [0.717, 1.165) is 6.07 Å². The molecule has 0 aliphatic carbocycles. The van der Waals surface area contributed by atoms with Gasteiger partial charge in [0.25, 0.3) is 12.3 Å². The second-order valence-corrected chi connectivity index (χ2v) is 8.57. The van der Waals surface area contributed by atoms with Crippen LogP contribution in [-0.4, -0.2) is 66.2 Å². The highest BCUT2D eigenvalue weighted by Crippen LogP contribution is 2.32. The maximum absolute atomic E-state index is 14.8. The summed E-state index contributed by atoms with van der Waals surface area (Å²) in [5.41, 5.74) is 0.162. The molecule has 1 atom stereocenters. The summed E-state index contributed by atoms with van der Waals surface area (Å²) < 4.78 is 46.6. The van der Waals surface area contributed by atoms with Crippen LogP contribution in [0.15, 0.2) is 24.3 Å². The number of rotatable bonds is 6. The second-order valence-electron chi connectivity index (χ2n) is 8.57. The molecule has 0 bridgehead atoms. The van der Waals surface area contributed by atoms with Gasteiger partial charge in [0.05, 0.1) is 35.8 Å². The zero-order valence-corrected chi connectivity index (χ0v) is 20.0. The number of aromatic nitrogens is 3. The number of hydrogen-bond acceptors (Lipinski definition) is 7. The monoisotopic (exact) mass is 488 g/mol. The summed E-state index contributed by atoms with van der Waals surface area (Å²) in [5, 5.41) is 3.58. The minimum Gasteiger partial charge on any atom is -0.378 e. The Balaban J connectivity index is 1.81. The average Bonchev–Trinajstić information content (AvgIpc) is 2.83. The van der Waals surface area contributed by atoms with Crippen LogP contribution in [0.5, 0.6) is 0 Å². The summed E-state index contributed by atoms with van der Waals surface area (Å²) in [6, 6.07) is 4.89. The van der Waals surface area contributed by atoms with Gasteiger partial charge < -0.3 is 19.9 Å². The number of amides is 1. The largest absolute Gasteiger partial charge is 0.378 e. The van der Waals surface area contributed by atoms with E-state index >= 15 is 0 Å². The van der Waals surface area contributed by atoms with Crippen LogP contribution in [0, 0.1) is 12.7 Å². The SMILES string of the molecule is Cc1nc(N[C@H](C)c2cccc(C(F)F)c2F)c2cc(C(=O)N(C)C)c(N3CCOCC3)nc2n1. The zero-order valence-electron chi connectivity index (χ0n) is 20.0. The van der Waals surface area contributed by atoms with E-state index in [1.165, 1.54) is 17.0 Å². The first-order valence-electron chi connectivity index (χ1n) is 11.2. The smallest absolute Gasteiger partial charge is 0.266 e. The summed E-state index contributed by atoms with van der Waals surface area (Å²) in [5.74, 6) is 0.0500. The summed E-state index contributed by atoms with van der Waals surface area (Å²) in [6.07, 6.45) is -2.92. The van der Waals surface area contributed by atoms with E-state index in [0.29, 0.717) is 60.4 Å². The second kappa shape index (κ2) is 10.0. The molecule has 1 amide bonds. The number of aryl methyl sites for hydroxylation is 1. The van der Waals surface area contributed by atoms with Gasteiger partial charge in [0.2, 0.25) is 0 Å². The van der Waals surface area contributed by atoms with Crippen molar-refractivity contribution in [2.75, 3.05) is 50.6 Å². The molecule has 1 fully saturated rings. The van der Waals surface area contributed by atoms with E-state index in [1.54, 1.807) is 34.0 Å². The highest BCUT2D eigenvalue weighted by Gasteiger charge is 2.25. The molecule has 3 heterocycles. The predicted molar refractivity (Wildman–Crippen MR) is 127 cm³/mol. The number of benzene rings is 1. The number of nitrogens with zero attached hydrogens (tertiary/aromatic N) is 5. The molecule has 8 nitrogen and oxygen atoms in total. The topological polar surface area (TPSA) is 83.5 Å². The summed E-state index contributed by atoms with van der Waals surface area (Å²) in [4.78, 5) is 30.1. The number of alkyl halides is 2. The van der Waals surface area contributed by atoms with Gasteiger partial charge in [-0.25, -0.2) is 28.1 Å². The molecule has 1 aliphatic rings. The van der Waals surface area contributed by atoms with Crippen LogP contribution in [0.4, 0.5) is 24.8 Å². The molecule has 35 heavy (non-hydrogen) atoms. The van der Waals surface area contributed by atoms with E-state index in [9.17, 15) is 18.0 Å². The fourth-order valence-electron chi connectivity index (χ4n) is 4.03. The van der Waals surface area contributed by atoms with Gasteiger partial charge in [0.1, 0.15) is 23.3 Å². The van der Waals surface area contributed by atoms with E-state index in [2.05, 4.69) is 15.3 Å². The molecule has 0 unspecified atom stereocenters. The number of hydrogen-bond donors (Lipinski definition) is 1. The van der Waals surface area contributed by atoms with Crippen LogP contribution in [0.3, 0.4) is 0 Å². The third-order valence-electron chi connectivity index (χ3n) is 5.84. The minimum absolute atomic E-state index is 0.0784. The maximum atomic E-state index is 14.8. The first-order valence-corrected chi connectivity index (χ1v) is 11.2. The van der Waals surface area contributed by atoms with Gasteiger partial charge in [0.15, 0.2) is 5.65 Å². The number of pyridine rings is 1. The molecule has 1 saturated heterocycles. The number of morpholine rings is 1. The molecule has 4 rings (SSSR count). The van der Waals surface area contributed by atoms with Crippen molar-refractivity contribution in [1.29, 1.82) is 0 Å². The lowest BCUT2D eigenvalue weighted by atomic mass is 10.0. The highest BCUT2D eigenvalue weighted by molar-refractivity contribution is 6.03. The normalized spacial score (nSPS) is 14.9. The standard InChI is InChI=1S/C24H27F3N6O2/c1-13(15-6-5-7-16(19(15)25)20(26)27)28-21-17-12-18(24(34)32(3)4)23(33-8-10-35-11-9-33)31-22(17)30-14(2)29-21/h5-7,12-13,20H,8-11H2,1-4H3,(H,28,29,30,31)/t13-/m1/s1. The molecule has 0 saturated carbocycles. The molecule has 1 aromatic carbocycles. The van der Waals surface area contributed by atoms with Crippen LogP contribution < -0.4 is 10.2 Å². The van der Waals surface area contributed by atoms with Crippen molar-refractivity contribution in [2.45, 2.75) is 26.3 Å². The number of halogens is 3. The van der Waals surface area contributed by atoms with Crippen LogP contribution in [0.25, 0.3) is 11.0 Å². The van der Waals surface area contributed by atoms with Crippen molar-refractivity contribution in [3.05, 3.63) is 52.6 Å². The first kappa shape index (κ1) is 24.6. The van der Waals surface area contributed by atoms with Crippen molar-refractivity contribution >= 4 is 28.6 Å². The molecule has 11 heteroatoms. The maximum Gasteiger partial charge on any atom is 0.266 e. The Morgan fingerprint density at radius 3 is 2.49 bits per heavy atom. The number of nitrogens with one attached hydrogen (secondary N) is 1. The number of anilines is 2. The number of carbonyl (C=O) groups is 1. The van der Waals surface area contributed by atoms with E-state index in [4.69, 9.17) is 9.72 Å². The zero-order chi connectivity index (χ0) is 25.3. The third-order valence-corrected chi connectivity index (χ3v) is 5.84. The predicted octanol–water partition coefficient (Wildman–Crippen LogP) is 4.12. The summed E-state index contributed by atoms with van der Waals surface area (Å²) in [7, 11) is 3.31. The molecule has 0 spiro atoms. The molecule has 0 radical (unpaired) electrons. The van der Waals surface area contributed by atoms with Gasteiger partial charge in [-0.2, -0.15) is 0 Å². The minimum atomic E-state index is -2.92. The Kier molecular flexibility index (Phi) is 7.06. The average molecular weight is 489 g/mol. The van der Waals surface area contributed by atoms with Crippen LogP contribution >= 0.6 is 0 Å². The van der Waals surface area contributed by atoms with Crippen LogP contribution in [0.1, 0.15) is 46.7 Å². The Bertz CT molecular complexity index is 1250. The Morgan fingerprint density at radius 1 is 1.14 bits per heavy atom. The van der Waals surface area contributed by atoms with E-state index < -0.39 is 23.8 Å². The van der Waals surface area contributed by atoms with E-state index in [-0.39, 0.29) is 11.5 Å². The van der Waals surface area contributed by atoms with Crippen molar-refractivity contribution in [3.63, 3.8) is 0 Å². The van der Waals surface area contributed by atoms with Crippen LogP contribution in [0.2, 0.25) is 0 Å². The molecular weight excluding hydrogens is 461 g/mol. The van der Waals surface area contributed by atoms with E-state index in [1.807, 2.05) is 4.90 Å². The fraction of sp³-hybridized carbons (Fsp3) is 0.417. The molecule has 186 valence electrons. The van der Waals surface area contributed by atoms with Crippen molar-refractivity contribution in [1.82, 2.24) is 19.9 Å². The third kappa shape index (κ3) is 5.00. The van der Waals surface area contributed by atoms with Crippen molar-refractivity contribution in [2.24, 2.45) is 0 Å². The number of fused-ring (bicyclic) bond motifs is 1. The Hall–Kier alpha value is -3.47. The van der Waals surface area contributed by atoms with Gasteiger partial charge in [-0.3, -0.25) is 4.79 Å². The van der Waals surface area contributed by atoms with Crippen LogP contribution in [-0.2, 0) is 4.74 Å². The molecule has 1 aliphatic heterocycles. The number of ether oxygens (including phenoxy) is 1. The van der Waals surface area contributed by atoms with Gasteiger partial charge in [-0.05, 0) is 19.9 Å². The summed E-state index contributed by atoms with van der Waals surface area (Å²) in [6.45, 7) is 5.55. The first-order chi connectivity index (χ1) is 16.7. The van der Waals surface area contributed by atoms with Gasteiger partial charge >= 0.3 is 0 Å². The lowest BCUT2D eigenvalue weighted by Crippen LogP contribution is -2.38. The fourth-order valence-corrected chi connectivity index (χ4v) is 4.03. The van der Waals surface area contributed by atoms with Crippen molar-refractivity contribution in [3.8, 4) is 0 Å². The molecule has 2 aromatic heterocycles. The molecular formula is C24H27F3N6O2. The van der Waals surface area contributed by atoms with Gasteiger partial charge in [-0.1, -0.05) is 18.2 Å². The summed E-state index contributed by atoms with van der Waals surface area (Å²) >= 11 is 0. The molecule has 3 aromatic rings. The Labute approximate surface area is 201 Å².